The van der Waals surface area contributed by atoms with Crippen molar-refractivity contribution in [2.45, 2.75) is 25.3 Å². The highest BCUT2D eigenvalue weighted by atomic mass is 16.5. The van der Waals surface area contributed by atoms with Gasteiger partial charge in [0.2, 0.25) is 5.82 Å². The lowest BCUT2D eigenvalue weighted by atomic mass is 9.97. The number of nitrogens with zero attached hydrogens (tertiary/aromatic N) is 5. The van der Waals surface area contributed by atoms with E-state index in [1.165, 1.54) is 0 Å². The van der Waals surface area contributed by atoms with E-state index >= 15 is 0 Å². The number of hydrogen-bond acceptors (Lipinski definition) is 6. The average molecular weight is 353 g/mol. The number of hydrogen-bond donors (Lipinski definition) is 0. The first-order valence-electron chi connectivity index (χ1n) is 8.99. The summed E-state index contributed by atoms with van der Waals surface area (Å²) >= 11 is 0. The monoisotopic (exact) mass is 353 g/mol. The van der Waals surface area contributed by atoms with Crippen LogP contribution in [0.2, 0.25) is 0 Å². The first-order valence-corrected chi connectivity index (χ1v) is 8.99. The van der Waals surface area contributed by atoms with Gasteiger partial charge in [0, 0.05) is 50.6 Å². The molecule has 3 aromatic rings. The van der Waals surface area contributed by atoms with Gasteiger partial charge in [0.25, 0.3) is 0 Å². The molecule has 0 bridgehead atoms. The van der Waals surface area contributed by atoms with Crippen molar-refractivity contribution in [2.24, 2.45) is 0 Å². The highest BCUT2D eigenvalue weighted by Crippen LogP contribution is 2.29. The second-order valence-corrected chi connectivity index (χ2v) is 6.52. The SMILES string of the molecule is COCCn1ccnc1[C@H]1CCCN(c2nc(-c3ccccc3)no2)C1. The predicted octanol–water partition coefficient (Wildman–Crippen LogP) is 2.96. The Morgan fingerprint density at radius 3 is 3.00 bits per heavy atom. The second-order valence-electron chi connectivity index (χ2n) is 6.52. The van der Waals surface area contributed by atoms with Crippen LogP contribution < -0.4 is 4.90 Å². The molecule has 3 heterocycles. The Morgan fingerprint density at radius 2 is 2.15 bits per heavy atom. The average Bonchev–Trinajstić information content (AvgIpc) is 3.37. The fraction of sp³-hybridized carbons (Fsp3) is 0.421. The zero-order valence-electron chi connectivity index (χ0n) is 14.9. The minimum absolute atomic E-state index is 0.350. The van der Waals surface area contributed by atoms with Crippen LogP contribution in [-0.2, 0) is 11.3 Å². The molecule has 26 heavy (non-hydrogen) atoms. The van der Waals surface area contributed by atoms with Crippen LogP contribution >= 0.6 is 0 Å². The molecule has 0 spiro atoms. The van der Waals surface area contributed by atoms with Gasteiger partial charge < -0.3 is 18.7 Å². The van der Waals surface area contributed by atoms with Crippen LogP contribution in [0.4, 0.5) is 6.01 Å². The highest BCUT2D eigenvalue weighted by Gasteiger charge is 2.27. The molecule has 1 atom stereocenters. The van der Waals surface area contributed by atoms with Crippen LogP contribution in [0.15, 0.2) is 47.2 Å². The molecule has 0 unspecified atom stereocenters. The summed E-state index contributed by atoms with van der Waals surface area (Å²) in [6.45, 7) is 3.26. The summed E-state index contributed by atoms with van der Waals surface area (Å²) in [5, 5.41) is 4.14. The van der Waals surface area contributed by atoms with Crippen LogP contribution in [0.5, 0.6) is 0 Å². The normalized spacial score (nSPS) is 17.6. The molecule has 1 aliphatic heterocycles. The number of ether oxygens (including phenoxy) is 1. The lowest BCUT2D eigenvalue weighted by molar-refractivity contribution is 0.185. The summed E-state index contributed by atoms with van der Waals surface area (Å²) in [5.41, 5.74) is 0.964. The first-order chi connectivity index (χ1) is 12.8. The molecule has 0 amide bonds. The van der Waals surface area contributed by atoms with Gasteiger partial charge in [0.15, 0.2) is 0 Å². The summed E-state index contributed by atoms with van der Waals surface area (Å²) in [7, 11) is 1.72. The predicted molar refractivity (Wildman–Crippen MR) is 98.0 cm³/mol. The van der Waals surface area contributed by atoms with E-state index < -0.39 is 0 Å². The lowest BCUT2D eigenvalue weighted by Crippen LogP contribution is -2.35. The van der Waals surface area contributed by atoms with Crippen LogP contribution in [-0.4, -0.2) is 46.5 Å². The van der Waals surface area contributed by atoms with Crippen molar-refractivity contribution in [3.63, 3.8) is 0 Å². The third kappa shape index (κ3) is 3.48. The van der Waals surface area contributed by atoms with Crippen LogP contribution in [0, 0.1) is 0 Å². The molecule has 136 valence electrons. The number of aromatic nitrogens is 4. The summed E-state index contributed by atoms with van der Waals surface area (Å²) in [5.74, 6) is 2.08. The van der Waals surface area contributed by atoms with Crippen molar-refractivity contribution in [1.82, 2.24) is 19.7 Å². The zero-order chi connectivity index (χ0) is 17.8. The molecule has 1 fully saturated rings. The van der Waals surface area contributed by atoms with E-state index in [1.54, 1.807) is 7.11 Å². The molecular formula is C19H23N5O2. The van der Waals surface area contributed by atoms with Gasteiger partial charge in [-0.1, -0.05) is 35.5 Å². The second kappa shape index (κ2) is 7.70. The van der Waals surface area contributed by atoms with Gasteiger partial charge in [0.1, 0.15) is 5.82 Å². The van der Waals surface area contributed by atoms with Crippen molar-refractivity contribution in [3.8, 4) is 11.4 Å². The largest absolute Gasteiger partial charge is 0.383 e. The third-order valence-electron chi connectivity index (χ3n) is 4.79. The van der Waals surface area contributed by atoms with Gasteiger partial charge in [-0.3, -0.25) is 0 Å². The molecule has 0 radical (unpaired) electrons. The Labute approximate surface area is 152 Å². The van der Waals surface area contributed by atoms with Crippen molar-refractivity contribution < 1.29 is 9.26 Å². The third-order valence-corrected chi connectivity index (χ3v) is 4.79. The Hall–Kier alpha value is -2.67. The fourth-order valence-corrected chi connectivity index (χ4v) is 3.47. The zero-order valence-corrected chi connectivity index (χ0v) is 14.9. The molecule has 7 nitrogen and oxygen atoms in total. The van der Waals surface area contributed by atoms with E-state index in [4.69, 9.17) is 9.26 Å². The minimum atomic E-state index is 0.350. The molecule has 1 aliphatic rings. The quantitative estimate of drug-likeness (QED) is 0.679. The molecular weight excluding hydrogens is 330 g/mol. The standard InChI is InChI=1S/C19H23N5O2/c1-25-13-12-23-11-9-20-18(23)16-8-5-10-24(14-16)19-21-17(22-26-19)15-6-3-2-4-7-15/h2-4,6-7,9,11,16H,5,8,10,12-14H2,1H3/t16-/m0/s1. The number of piperidine rings is 1. The molecule has 0 aliphatic carbocycles. The van der Waals surface area contributed by atoms with Gasteiger partial charge >= 0.3 is 6.01 Å². The van der Waals surface area contributed by atoms with E-state index in [1.807, 2.05) is 42.7 Å². The van der Waals surface area contributed by atoms with Crippen molar-refractivity contribution in [3.05, 3.63) is 48.5 Å². The molecule has 1 aromatic carbocycles. The Bertz CT molecular complexity index is 829. The van der Waals surface area contributed by atoms with E-state index in [0.29, 0.717) is 24.4 Å². The molecule has 0 saturated carbocycles. The van der Waals surface area contributed by atoms with Crippen molar-refractivity contribution in [2.75, 3.05) is 31.7 Å². The number of anilines is 1. The van der Waals surface area contributed by atoms with E-state index in [2.05, 4.69) is 24.6 Å². The van der Waals surface area contributed by atoms with Crippen LogP contribution in [0.3, 0.4) is 0 Å². The highest BCUT2D eigenvalue weighted by molar-refractivity contribution is 5.55. The van der Waals surface area contributed by atoms with E-state index in [0.717, 1.165) is 43.9 Å². The van der Waals surface area contributed by atoms with Crippen LogP contribution in [0.25, 0.3) is 11.4 Å². The van der Waals surface area contributed by atoms with Gasteiger partial charge in [0.05, 0.1) is 6.61 Å². The number of imidazole rings is 1. The van der Waals surface area contributed by atoms with Gasteiger partial charge in [-0.2, -0.15) is 4.98 Å². The maximum absolute atomic E-state index is 5.54. The summed E-state index contributed by atoms with van der Waals surface area (Å²) in [4.78, 5) is 11.4. The fourth-order valence-electron chi connectivity index (χ4n) is 3.47. The maximum Gasteiger partial charge on any atom is 0.324 e. The smallest absolute Gasteiger partial charge is 0.324 e. The van der Waals surface area contributed by atoms with Gasteiger partial charge in [-0.15, -0.1) is 0 Å². The topological polar surface area (TPSA) is 69.2 Å². The minimum Gasteiger partial charge on any atom is -0.383 e. The van der Waals surface area contributed by atoms with Crippen LogP contribution in [0.1, 0.15) is 24.6 Å². The van der Waals surface area contributed by atoms with Crippen molar-refractivity contribution in [1.29, 1.82) is 0 Å². The lowest BCUT2D eigenvalue weighted by Gasteiger charge is -2.31. The van der Waals surface area contributed by atoms with Crippen molar-refractivity contribution >= 4 is 6.01 Å². The number of benzene rings is 1. The maximum atomic E-state index is 5.54. The van der Waals surface area contributed by atoms with E-state index in [9.17, 15) is 0 Å². The van der Waals surface area contributed by atoms with E-state index in [-0.39, 0.29) is 0 Å². The summed E-state index contributed by atoms with van der Waals surface area (Å²) in [6, 6.07) is 10.5. The Balaban J connectivity index is 1.49. The Morgan fingerprint density at radius 1 is 1.27 bits per heavy atom. The summed E-state index contributed by atoms with van der Waals surface area (Å²) < 4.78 is 12.9. The first kappa shape index (κ1) is 16.8. The number of methoxy groups -OCH3 is 1. The summed E-state index contributed by atoms with van der Waals surface area (Å²) in [6.07, 6.45) is 6.07. The van der Waals surface area contributed by atoms with Gasteiger partial charge in [-0.05, 0) is 12.8 Å². The molecule has 4 rings (SSSR count). The number of rotatable bonds is 6. The molecule has 0 N–H and O–H groups in total. The molecule has 1 saturated heterocycles. The molecule has 7 heteroatoms. The Kier molecular flexibility index (Phi) is 4.97. The molecule has 2 aromatic heterocycles. The van der Waals surface area contributed by atoms with Gasteiger partial charge in [-0.25, -0.2) is 4.98 Å².